The molecule has 0 unspecified atom stereocenters. The molecule has 0 saturated heterocycles. The van der Waals surface area contributed by atoms with Crippen LogP contribution in [0.25, 0.3) is 0 Å². The summed E-state index contributed by atoms with van der Waals surface area (Å²) in [4.78, 5) is 9.18. The van der Waals surface area contributed by atoms with E-state index in [2.05, 4.69) is 5.73 Å². The van der Waals surface area contributed by atoms with Gasteiger partial charge in [0, 0.05) is 0 Å². The van der Waals surface area contributed by atoms with E-state index in [-0.39, 0.29) is 0 Å². The molecule has 0 aromatic rings. The van der Waals surface area contributed by atoms with E-state index in [4.69, 9.17) is 5.11 Å². The lowest BCUT2D eigenvalue weighted by molar-refractivity contribution is -0.230. The zero-order valence-electron chi connectivity index (χ0n) is 3.15. The number of alkyl halides is 2. The van der Waals surface area contributed by atoms with Crippen LogP contribution in [0.4, 0.5) is 8.78 Å². The molecule has 1 radical (unpaired) electrons. The van der Waals surface area contributed by atoms with Gasteiger partial charge in [-0.25, -0.2) is 0 Å². The van der Waals surface area contributed by atoms with Gasteiger partial charge < -0.3 is 5.73 Å². The third-order valence-corrected chi connectivity index (χ3v) is 0.287. The van der Waals surface area contributed by atoms with Gasteiger partial charge in [0.05, 0.1) is 0 Å². The first-order valence-corrected chi connectivity index (χ1v) is 1.32. The normalized spacial score (nSPS) is 11.3. The first-order valence-electron chi connectivity index (χ1n) is 1.32. The molecule has 0 rings (SSSR count). The van der Waals surface area contributed by atoms with Crippen LogP contribution in [0.2, 0.25) is 0 Å². The number of nitrogens with two attached hydrogens (primary N) is 1. The molecule has 0 spiro atoms. The summed E-state index contributed by atoms with van der Waals surface area (Å²) in [7, 11) is 0. The smallest absolute Gasteiger partial charge is 0.362 e. The second kappa shape index (κ2) is 1.42. The predicted octanol–water partition coefficient (Wildman–Crippen LogP) is -0.505. The lowest BCUT2D eigenvalue weighted by Crippen LogP contribution is -2.33. The molecule has 0 atom stereocenters. The maximum atomic E-state index is 10.8. The number of halogens is 2. The largest absolute Gasteiger partial charge is 0.462 e. The fraction of sp³-hybridized carbons (Fsp3) is 0.500. The lowest BCUT2D eigenvalue weighted by Gasteiger charge is -1.95. The molecule has 1 amide bonds. The number of primary amides is 1. The minimum Gasteiger partial charge on any atom is -0.362 e. The van der Waals surface area contributed by atoms with E-state index in [1.165, 1.54) is 0 Å². The molecule has 0 heterocycles. The van der Waals surface area contributed by atoms with Crippen LogP contribution in [0.3, 0.4) is 0 Å². The van der Waals surface area contributed by atoms with E-state index >= 15 is 0 Å². The van der Waals surface area contributed by atoms with Gasteiger partial charge in [0.2, 0.25) is 0 Å². The van der Waals surface area contributed by atoms with Crippen molar-refractivity contribution >= 4 is 5.91 Å². The fourth-order valence-electron chi connectivity index (χ4n) is 0. The van der Waals surface area contributed by atoms with Gasteiger partial charge in [-0.1, -0.05) is 0 Å². The van der Waals surface area contributed by atoms with E-state index in [0.29, 0.717) is 0 Å². The van der Waals surface area contributed by atoms with Crippen LogP contribution in [0.5, 0.6) is 0 Å². The molecule has 41 valence electrons. The number of amides is 1. The van der Waals surface area contributed by atoms with Crippen molar-refractivity contribution in [3.8, 4) is 0 Å². The third kappa shape index (κ3) is 2.05. The summed E-state index contributed by atoms with van der Waals surface area (Å²) < 4.78 is 21.6. The van der Waals surface area contributed by atoms with Crippen molar-refractivity contribution in [1.29, 1.82) is 0 Å². The van der Waals surface area contributed by atoms with Crippen LogP contribution in [0.15, 0.2) is 0 Å². The Kier molecular flexibility index (Phi) is 1.27. The summed E-state index contributed by atoms with van der Waals surface area (Å²) in [6.07, 6.45) is -4.61. The lowest BCUT2D eigenvalue weighted by atomic mass is 10.6. The SMILES string of the molecule is NC(=O)C([O])(F)F. The van der Waals surface area contributed by atoms with Crippen molar-refractivity contribution in [3.05, 3.63) is 0 Å². The number of rotatable bonds is 1. The number of hydrogen-bond donors (Lipinski definition) is 1. The number of carbonyl (C=O) groups excluding carboxylic acids is 1. The second-order valence-electron chi connectivity index (χ2n) is 0.881. The Morgan fingerprint density at radius 1 is 1.57 bits per heavy atom. The summed E-state index contributed by atoms with van der Waals surface area (Å²) in [6.45, 7) is 0. The molecule has 2 N–H and O–H groups in total. The van der Waals surface area contributed by atoms with Crippen LogP contribution in [0, 0.1) is 0 Å². The molecule has 0 aromatic carbocycles. The van der Waals surface area contributed by atoms with Gasteiger partial charge >= 0.3 is 12.0 Å². The highest BCUT2D eigenvalue weighted by molar-refractivity contribution is 5.79. The zero-order valence-corrected chi connectivity index (χ0v) is 3.15. The highest BCUT2D eigenvalue weighted by Crippen LogP contribution is 2.05. The van der Waals surface area contributed by atoms with E-state index in [1.807, 2.05) is 0 Å². The van der Waals surface area contributed by atoms with Gasteiger partial charge in [-0.3, -0.25) is 4.79 Å². The van der Waals surface area contributed by atoms with Gasteiger partial charge in [0.25, 0.3) is 0 Å². The van der Waals surface area contributed by atoms with Crippen LogP contribution in [0.1, 0.15) is 0 Å². The molecule has 0 saturated carbocycles. The van der Waals surface area contributed by atoms with Gasteiger partial charge in [-0.05, 0) is 0 Å². The van der Waals surface area contributed by atoms with Crippen LogP contribution in [-0.2, 0) is 9.90 Å². The van der Waals surface area contributed by atoms with Gasteiger partial charge in [0.15, 0.2) is 0 Å². The number of carbonyl (C=O) groups is 1. The summed E-state index contributed by atoms with van der Waals surface area (Å²) in [5.74, 6) is -2.15. The van der Waals surface area contributed by atoms with Gasteiger partial charge in [-0.15, -0.1) is 5.11 Å². The van der Waals surface area contributed by atoms with Crippen molar-refractivity contribution in [1.82, 2.24) is 0 Å². The molecular weight excluding hydrogens is 108 g/mol. The summed E-state index contributed by atoms with van der Waals surface area (Å²) >= 11 is 0. The molecule has 3 nitrogen and oxygen atoms in total. The predicted molar refractivity (Wildman–Crippen MR) is 14.8 cm³/mol. The van der Waals surface area contributed by atoms with Crippen LogP contribution in [-0.4, -0.2) is 12.0 Å². The van der Waals surface area contributed by atoms with Gasteiger partial charge in [-0.2, -0.15) is 8.78 Å². The first-order chi connectivity index (χ1) is 2.94. The molecule has 0 aliphatic carbocycles. The molecule has 0 aromatic heterocycles. The van der Waals surface area contributed by atoms with Crippen LogP contribution >= 0.6 is 0 Å². The van der Waals surface area contributed by atoms with Crippen molar-refractivity contribution in [3.63, 3.8) is 0 Å². The number of hydrogen-bond acceptors (Lipinski definition) is 1. The average Bonchev–Trinajstić information content (AvgIpc) is 1.31. The standard InChI is InChI=1S/C2H2F2NO2/c3-2(4,7)1(5)6/h(H2,5,6). The highest BCUT2D eigenvalue weighted by atomic mass is 19.3. The summed E-state index contributed by atoms with van der Waals surface area (Å²) in [5, 5.41) is 9.00. The van der Waals surface area contributed by atoms with Crippen molar-refractivity contribution in [2.45, 2.75) is 6.11 Å². The van der Waals surface area contributed by atoms with Crippen molar-refractivity contribution in [2.75, 3.05) is 0 Å². The van der Waals surface area contributed by atoms with E-state index in [1.54, 1.807) is 0 Å². The monoisotopic (exact) mass is 110 g/mol. The molecule has 0 fully saturated rings. The Hall–Kier alpha value is -0.710. The van der Waals surface area contributed by atoms with E-state index < -0.39 is 12.0 Å². The molecule has 5 heteroatoms. The zero-order chi connectivity index (χ0) is 6.08. The Morgan fingerprint density at radius 3 is 1.71 bits per heavy atom. The quantitative estimate of drug-likeness (QED) is 0.485. The molecular formula is C2H2F2NO2. The van der Waals surface area contributed by atoms with Crippen LogP contribution < -0.4 is 5.73 Å². The van der Waals surface area contributed by atoms with Crippen molar-refractivity contribution in [2.24, 2.45) is 5.73 Å². The Bertz CT molecular complexity index is 86.2. The molecule has 0 bridgehead atoms. The third-order valence-electron chi connectivity index (χ3n) is 0.287. The highest BCUT2D eigenvalue weighted by Gasteiger charge is 2.35. The Balaban J connectivity index is 3.79. The summed E-state index contributed by atoms with van der Waals surface area (Å²) in [5.41, 5.74) is 3.87. The molecule has 0 aliphatic heterocycles. The second-order valence-corrected chi connectivity index (χ2v) is 0.881. The van der Waals surface area contributed by atoms with E-state index in [0.717, 1.165) is 0 Å². The molecule has 7 heavy (non-hydrogen) atoms. The maximum Gasteiger partial charge on any atom is 0.462 e. The Morgan fingerprint density at radius 2 is 1.71 bits per heavy atom. The Labute approximate surface area is 37.7 Å². The van der Waals surface area contributed by atoms with E-state index in [9.17, 15) is 13.6 Å². The summed E-state index contributed by atoms with van der Waals surface area (Å²) in [6, 6.07) is 0. The minimum atomic E-state index is -4.61. The van der Waals surface area contributed by atoms with Crippen molar-refractivity contribution < 1.29 is 18.7 Å². The topological polar surface area (TPSA) is 63.0 Å². The average molecular weight is 110 g/mol. The minimum absolute atomic E-state index is 2.15. The molecule has 0 aliphatic rings. The first kappa shape index (κ1) is 6.29. The van der Waals surface area contributed by atoms with Gasteiger partial charge in [0.1, 0.15) is 0 Å². The maximum absolute atomic E-state index is 10.8. The fourth-order valence-corrected chi connectivity index (χ4v) is 0.